The van der Waals surface area contributed by atoms with Crippen LogP contribution in [0, 0.1) is 18.3 Å². The largest absolute Gasteiger partial charge is 0.496 e. The number of methoxy groups -OCH3 is 1. The number of nitrogens with zero attached hydrogens (tertiary/aromatic N) is 4. The lowest BCUT2D eigenvalue weighted by atomic mass is 10.0. The number of ether oxygens (including phenoxy) is 3. The molecule has 1 aromatic heterocycles. The molecule has 2 aromatic rings. The molecule has 0 saturated carbocycles. The van der Waals surface area contributed by atoms with E-state index in [1.165, 1.54) is 0 Å². The van der Waals surface area contributed by atoms with Gasteiger partial charge in [0.1, 0.15) is 5.75 Å². The highest BCUT2D eigenvalue weighted by Crippen LogP contribution is 2.30. The Morgan fingerprint density at radius 2 is 2.12 bits per heavy atom. The summed E-state index contributed by atoms with van der Waals surface area (Å²) < 4.78 is 18.6. The SMILES string of the molecule is COc1cccc(-n2cc(CCC3(CCC#N)OCCO3)nn2)c1C. The highest BCUT2D eigenvalue weighted by molar-refractivity contribution is 5.48. The van der Waals surface area contributed by atoms with Gasteiger partial charge in [-0.3, -0.25) is 0 Å². The maximum Gasteiger partial charge on any atom is 0.169 e. The molecule has 0 amide bonds. The fraction of sp³-hybridized carbons (Fsp3) is 0.500. The molecule has 0 atom stereocenters. The topological polar surface area (TPSA) is 82.2 Å². The molecule has 2 heterocycles. The summed E-state index contributed by atoms with van der Waals surface area (Å²) in [6, 6.07) is 7.99. The number of aromatic nitrogens is 3. The molecule has 0 unspecified atom stereocenters. The van der Waals surface area contributed by atoms with Crippen LogP contribution in [0.5, 0.6) is 5.75 Å². The maximum atomic E-state index is 8.83. The zero-order chi connectivity index (χ0) is 17.7. The highest BCUT2D eigenvalue weighted by Gasteiger charge is 2.35. The quantitative estimate of drug-likeness (QED) is 0.769. The molecule has 0 aliphatic carbocycles. The summed E-state index contributed by atoms with van der Waals surface area (Å²) in [6.07, 6.45) is 4.23. The van der Waals surface area contributed by atoms with Crippen LogP contribution >= 0.6 is 0 Å². The number of hydrogen-bond donors (Lipinski definition) is 0. The summed E-state index contributed by atoms with van der Waals surface area (Å²) in [6.45, 7) is 3.13. The molecule has 0 spiro atoms. The van der Waals surface area contributed by atoms with Crippen molar-refractivity contribution >= 4 is 0 Å². The van der Waals surface area contributed by atoms with Crippen molar-refractivity contribution in [3.05, 3.63) is 35.7 Å². The van der Waals surface area contributed by atoms with Crippen LogP contribution in [0.25, 0.3) is 5.69 Å². The van der Waals surface area contributed by atoms with Gasteiger partial charge in [0.15, 0.2) is 5.79 Å². The Balaban J connectivity index is 1.71. The van der Waals surface area contributed by atoms with Gasteiger partial charge in [-0.2, -0.15) is 5.26 Å². The molecule has 1 aromatic carbocycles. The standard InChI is InChI=1S/C18H22N4O3/c1-14-16(5-3-6-17(14)23-2)22-13-15(20-21-22)7-9-18(8-4-10-19)24-11-12-25-18/h3,5-6,13H,4,7-9,11-12H2,1-2H3. The first-order valence-corrected chi connectivity index (χ1v) is 8.37. The Bertz CT molecular complexity index is 760. The first-order chi connectivity index (χ1) is 12.2. The molecule has 25 heavy (non-hydrogen) atoms. The van der Waals surface area contributed by atoms with Crippen LogP contribution in [0.4, 0.5) is 0 Å². The van der Waals surface area contributed by atoms with E-state index in [0.29, 0.717) is 38.9 Å². The number of rotatable bonds is 7. The van der Waals surface area contributed by atoms with E-state index in [4.69, 9.17) is 19.5 Å². The molecule has 1 aliphatic rings. The Morgan fingerprint density at radius 3 is 2.84 bits per heavy atom. The van der Waals surface area contributed by atoms with E-state index in [0.717, 1.165) is 22.7 Å². The van der Waals surface area contributed by atoms with Crippen molar-refractivity contribution in [2.75, 3.05) is 20.3 Å². The Morgan fingerprint density at radius 1 is 1.32 bits per heavy atom. The lowest BCUT2D eigenvalue weighted by Gasteiger charge is -2.26. The van der Waals surface area contributed by atoms with E-state index < -0.39 is 5.79 Å². The summed E-state index contributed by atoms with van der Waals surface area (Å²) in [5.74, 6) is 0.156. The van der Waals surface area contributed by atoms with Gasteiger partial charge < -0.3 is 14.2 Å². The molecule has 3 rings (SSSR count). The van der Waals surface area contributed by atoms with Crippen molar-refractivity contribution in [1.29, 1.82) is 5.26 Å². The van der Waals surface area contributed by atoms with Crippen molar-refractivity contribution in [2.24, 2.45) is 0 Å². The molecule has 7 nitrogen and oxygen atoms in total. The number of nitriles is 1. The van der Waals surface area contributed by atoms with Gasteiger partial charge in [0.25, 0.3) is 0 Å². The Hall–Kier alpha value is -2.43. The number of hydrogen-bond acceptors (Lipinski definition) is 6. The third-order valence-corrected chi connectivity index (χ3v) is 4.46. The smallest absolute Gasteiger partial charge is 0.169 e. The minimum atomic E-state index is -0.661. The summed E-state index contributed by atoms with van der Waals surface area (Å²) in [7, 11) is 1.65. The van der Waals surface area contributed by atoms with Crippen LogP contribution < -0.4 is 4.74 Å². The minimum Gasteiger partial charge on any atom is -0.496 e. The summed E-state index contributed by atoms with van der Waals surface area (Å²) in [4.78, 5) is 0. The molecule has 1 fully saturated rings. The fourth-order valence-electron chi connectivity index (χ4n) is 3.08. The van der Waals surface area contributed by atoms with Crippen molar-refractivity contribution in [3.63, 3.8) is 0 Å². The molecule has 1 aliphatic heterocycles. The highest BCUT2D eigenvalue weighted by atomic mass is 16.7. The molecule has 7 heteroatoms. The molecule has 0 N–H and O–H groups in total. The molecule has 0 radical (unpaired) electrons. The van der Waals surface area contributed by atoms with E-state index >= 15 is 0 Å². The van der Waals surface area contributed by atoms with Gasteiger partial charge in [-0.25, -0.2) is 4.68 Å². The van der Waals surface area contributed by atoms with Gasteiger partial charge in [0.2, 0.25) is 0 Å². The van der Waals surface area contributed by atoms with E-state index in [9.17, 15) is 0 Å². The predicted molar refractivity (Wildman–Crippen MR) is 90.5 cm³/mol. The zero-order valence-electron chi connectivity index (χ0n) is 14.6. The molecule has 1 saturated heterocycles. The first kappa shape index (κ1) is 17.4. The molecule has 0 bridgehead atoms. The Kier molecular flexibility index (Phi) is 5.31. The Labute approximate surface area is 147 Å². The molecule has 132 valence electrons. The fourth-order valence-corrected chi connectivity index (χ4v) is 3.08. The normalized spacial score (nSPS) is 15.9. The second-order valence-corrected chi connectivity index (χ2v) is 6.02. The van der Waals surface area contributed by atoms with Gasteiger partial charge in [0, 0.05) is 24.8 Å². The van der Waals surface area contributed by atoms with Gasteiger partial charge >= 0.3 is 0 Å². The lowest BCUT2D eigenvalue weighted by Crippen LogP contribution is -2.30. The van der Waals surface area contributed by atoms with E-state index in [1.54, 1.807) is 11.8 Å². The number of aryl methyl sites for hydroxylation is 1. The van der Waals surface area contributed by atoms with Gasteiger partial charge in [0.05, 0.1) is 44.0 Å². The van der Waals surface area contributed by atoms with Gasteiger partial charge in [-0.05, 0) is 25.5 Å². The monoisotopic (exact) mass is 342 g/mol. The summed E-state index contributed by atoms with van der Waals surface area (Å²) in [5.41, 5.74) is 2.80. The van der Waals surface area contributed by atoms with Crippen LogP contribution in [0.2, 0.25) is 0 Å². The first-order valence-electron chi connectivity index (χ1n) is 8.37. The van der Waals surface area contributed by atoms with Crippen molar-refractivity contribution < 1.29 is 14.2 Å². The zero-order valence-corrected chi connectivity index (χ0v) is 14.6. The van der Waals surface area contributed by atoms with Crippen LogP contribution in [-0.2, 0) is 15.9 Å². The molecular formula is C18H22N4O3. The third-order valence-electron chi connectivity index (χ3n) is 4.46. The summed E-state index contributed by atoms with van der Waals surface area (Å²) >= 11 is 0. The second-order valence-electron chi connectivity index (χ2n) is 6.02. The van der Waals surface area contributed by atoms with Gasteiger partial charge in [-0.1, -0.05) is 11.3 Å². The van der Waals surface area contributed by atoms with Crippen molar-refractivity contribution in [3.8, 4) is 17.5 Å². The van der Waals surface area contributed by atoms with Crippen LogP contribution in [0.15, 0.2) is 24.4 Å². The maximum absolute atomic E-state index is 8.83. The molecular weight excluding hydrogens is 320 g/mol. The summed E-state index contributed by atoms with van der Waals surface area (Å²) in [5, 5.41) is 17.3. The minimum absolute atomic E-state index is 0.412. The average Bonchev–Trinajstić information content (AvgIpc) is 3.29. The number of benzene rings is 1. The van der Waals surface area contributed by atoms with Crippen LogP contribution in [-0.4, -0.2) is 41.1 Å². The van der Waals surface area contributed by atoms with Gasteiger partial charge in [-0.15, -0.1) is 5.10 Å². The van der Waals surface area contributed by atoms with Crippen LogP contribution in [0.3, 0.4) is 0 Å². The van der Waals surface area contributed by atoms with E-state index in [-0.39, 0.29) is 0 Å². The lowest BCUT2D eigenvalue weighted by molar-refractivity contribution is -0.165. The van der Waals surface area contributed by atoms with E-state index in [2.05, 4.69) is 16.4 Å². The second kappa shape index (κ2) is 7.64. The third kappa shape index (κ3) is 3.81. The van der Waals surface area contributed by atoms with Crippen LogP contribution in [0.1, 0.15) is 30.5 Å². The predicted octanol–water partition coefficient (Wildman–Crippen LogP) is 2.56. The van der Waals surface area contributed by atoms with Crippen molar-refractivity contribution in [2.45, 2.75) is 38.4 Å². The van der Waals surface area contributed by atoms with E-state index in [1.807, 2.05) is 31.3 Å². The van der Waals surface area contributed by atoms with Crippen molar-refractivity contribution in [1.82, 2.24) is 15.0 Å². The average molecular weight is 342 g/mol.